The van der Waals surface area contributed by atoms with Crippen LogP contribution in [0.1, 0.15) is 21.7 Å². The Hall–Kier alpha value is -2.89. The van der Waals surface area contributed by atoms with Crippen LogP contribution >= 0.6 is 23.2 Å². The van der Waals surface area contributed by atoms with Crippen molar-refractivity contribution >= 4 is 45.7 Å². The van der Waals surface area contributed by atoms with Gasteiger partial charge in [0.25, 0.3) is 5.91 Å². The third-order valence-electron chi connectivity index (χ3n) is 4.90. The monoisotopic (exact) mass is 424 g/mol. The Bertz CT molecular complexity index is 1260. The lowest BCUT2D eigenvalue weighted by molar-refractivity contribution is 0.102. The molecule has 0 aliphatic carbocycles. The minimum Gasteiger partial charge on any atom is -0.322 e. The van der Waals surface area contributed by atoms with Gasteiger partial charge in [-0.15, -0.1) is 0 Å². The first-order chi connectivity index (χ1) is 13.8. The first-order valence-electron chi connectivity index (χ1n) is 9.02. The van der Waals surface area contributed by atoms with Crippen LogP contribution < -0.4 is 5.32 Å². The second-order valence-corrected chi connectivity index (χ2v) is 7.64. The fraction of sp³-hybridized carbons (Fsp3) is 0.136. The lowest BCUT2D eigenvalue weighted by Gasteiger charge is -2.11. The van der Waals surface area contributed by atoms with E-state index in [4.69, 9.17) is 28.2 Å². The maximum Gasteiger partial charge on any atom is 0.256 e. The number of benzene rings is 2. The highest BCUT2D eigenvalue weighted by atomic mass is 35.5. The molecule has 146 valence electrons. The quantitative estimate of drug-likeness (QED) is 0.451. The number of aromatic nitrogens is 3. The van der Waals surface area contributed by atoms with Gasteiger partial charge >= 0.3 is 0 Å². The number of anilines is 1. The molecular formula is C22H18Cl2N4O. The second kappa shape index (κ2) is 7.50. The number of aryl methyl sites for hydroxylation is 2. The number of hydrogen-bond donors (Lipinski definition) is 1. The highest BCUT2D eigenvalue weighted by Gasteiger charge is 2.18. The summed E-state index contributed by atoms with van der Waals surface area (Å²) in [5.74, 6) is -0.248. The lowest BCUT2D eigenvalue weighted by Crippen LogP contribution is -2.13. The SMILES string of the molecule is Cc1nn(C)c(C)c1-c1cc(C(=O)Nc2ccc(Cl)c(Cl)c2)c2ccccc2n1. The van der Waals surface area contributed by atoms with Gasteiger partial charge in [0.15, 0.2) is 0 Å². The Morgan fingerprint density at radius 2 is 1.79 bits per heavy atom. The summed E-state index contributed by atoms with van der Waals surface area (Å²) >= 11 is 12.0. The van der Waals surface area contributed by atoms with Gasteiger partial charge < -0.3 is 5.32 Å². The minimum atomic E-state index is -0.248. The normalized spacial score (nSPS) is 11.1. The zero-order valence-electron chi connectivity index (χ0n) is 16.1. The van der Waals surface area contributed by atoms with Crippen LogP contribution in [0.15, 0.2) is 48.5 Å². The third kappa shape index (κ3) is 3.59. The van der Waals surface area contributed by atoms with E-state index in [2.05, 4.69) is 10.4 Å². The molecule has 0 fully saturated rings. The molecule has 0 bridgehead atoms. The molecular weight excluding hydrogens is 407 g/mol. The molecule has 5 nitrogen and oxygen atoms in total. The molecule has 4 aromatic rings. The van der Waals surface area contributed by atoms with Gasteiger partial charge in [-0.2, -0.15) is 5.10 Å². The number of fused-ring (bicyclic) bond motifs is 1. The molecule has 2 aromatic heterocycles. The molecule has 0 saturated heterocycles. The number of halogens is 2. The number of nitrogens with one attached hydrogen (secondary N) is 1. The summed E-state index contributed by atoms with van der Waals surface area (Å²) in [6, 6.07) is 14.4. The summed E-state index contributed by atoms with van der Waals surface area (Å²) in [6.45, 7) is 3.93. The smallest absolute Gasteiger partial charge is 0.256 e. The molecule has 1 amide bonds. The van der Waals surface area contributed by atoms with E-state index in [0.717, 1.165) is 27.9 Å². The van der Waals surface area contributed by atoms with Crippen molar-refractivity contribution in [2.75, 3.05) is 5.32 Å². The Labute approximate surface area is 178 Å². The van der Waals surface area contributed by atoms with Crippen molar-refractivity contribution < 1.29 is 4.79 Å². The van der Waals surface area contributed by atoms with E-state index >= 15 is 0 Å². The number of amides is 1. The van der Waals surface area contributed by atoms with Crippen molar-refractivity contribution in [2.45, 2.75) is 13.8 Å². The zero-order valence-corrected chi connectivity index (χ0v) is 17.6. The molecule has 0 spiro atoms. The van der Waals surface area contributed by atoms with Crippen molar-refractivity contribution in [1.82, 2.24) is 14.8 Å². The van der Waals surface area contributed by atoms with Crippen LogP contribution in [-0.2, 0) is 7.05 Å². The van der Waals surface area contributed by atoms with Crippen LogP contribution in [0.2, 0.25) is 10.0 Å². The van der Waals surface area contributed by atoms with Crippen molar-refractivity contribution in [1.29, 1.82) is 0 Å². The Kier molecular flexibility index (Phi) is 5.03. The van der Waals surface area contributed by atoms with E-state index in [1.807, 2.05) is 55.9 Å². The van der Waals surface area contributed by atoms with Gasteiger partial charge in [0.2, 0.25) is 0 Å². The van der Waals surface area contributed by atoms with E-state index in [1.54, 1.807) is 18.2 Å². The summed E-state index contributed by atoms with van der Waals surface area (Å²) in [5, 5.41) is 8.96. The van der Waals surface area contributed by atoms with Gasteiger partial charge in [-0.05, 0) is 44.2 Å². The summed E-state index contributed by atoms with van der Waals surface area (Å²) in [4.78, 5) is 17.9. The van der Waals surface area contributed by atoms with E-state index in [9.17, 15) is 4.79 Å². The van der Waals surface area contributed by atoms with E-state index in [-0.39, 0.29) is 5.91 Å². The van der Waals surface area contributed by atoms with E-state index < -0.39 is 0 Å². The Balaban J connectivity index is 1.84. The van der Waals surface area contributed by atoms with Crippen LogP contribution in [0.3, 0.4) is 0 Å². The molecule has 0 radical (unpaired) electrons. The van der Waals surface area contributed by atoms with Crippen molar-refractivity contribution in [2.24, 2.45) is 7.05 Å². The maximum atomic E-state index is 13.1. The summed E-state index contributed by atoms with van der Waals surface area (Å²) in [7, 11) is 1.89. The van der Waals surface area contributed by atoms with Gasteiger partial charge in [0.1, 0.15) is 0 Å². The van der Waals surface area contributed by atoms with Crippen LogP contribution in [0.4, 0.5) is 5.69 Å². The third-order valence-corrected chi connectivity index (χ3v) is 5.64. The summed E-state index contributed by atoms with van der Waals surface area (Å²) < 4.78 is 1.82. The number of hydrogen-bond acceptors (Lipinski definition) is 3. The molecule has 0 aliphatic heterocycles. The summed E-state index contributed by atoms with van der Waals surface area (Å²) in [6.07, 6.45) is 0. The molecule has 0 aliphatic rings. The van der Waals surface area contributed by atoms with Crippen LogP contribution in [-0.4, -0.2) is 20.7 Å². The lowest BCUT2D eigenvalue weighted by atomic mass is 10.0. The molecule has 2 aromatic carbocycles. The second-order valence-electron chi connectivity index (χ2n) is 6.82. The van der Waals surface area contributed by atoms with Crippen molar-refractivity contribution in [3.05, 3.63) is 75.5 Å². The zero-order chi connectivity index (χ0) is 20.7. The van der Waals surface area contributed by atoms with Crippen LogP contribution in [0.5, 0.6) is 0 Å². The number of nitrogens with zero attached hydrogens (tertiary/aromatic N) is 3. The number of carbonyl (C=O) groups is 1. The number of rotatable bonds is 3. The van der Waals surface area contributed by atoms with E-state index in [1.165, 1.54) is 0 Å². The number of pyridine rings is 1. The fourth-order valence-electron chi connectivity index (χ4n) is 3.41. The van der Waals surface area contributed by atoms with Crippen LogP contribution in [0.25, 0.3) is 22.2 Å². The van der Waals surface area contributed by atoms with Gasteiger partial charge in [0.05, 0.1) is 32.5 Å². The highest BCUT2D eigenvalue weighted by molar-refractivity contribution is 6.42. The first-order valence-corrected chi connectivity index (χ1v) is 9.77. The fourth-order valence-corrected chi connectivity index (χ4v) is 3.71. The topological polar surface area (TPSA) is 59.8 Å². The standard InChI is InChI=1S/C22H18Cl2N4O/c1-12-21(13(2)28(3)27-12)20-11-16(15-6-4-5-7-19(15)26-20)22(29)25-14-8-9-17(23)18(24)10-14/h4-11H,1-3H3,(H,25,29). The predicted octanol–water partition coefficient (Wildman–Crippen LogP) is 5.81. The number of carbonyl (C=O) groups excluding carboxylic acids is 1. The molecule has 2 heterocycles. The maximum absolute atomic E-state index is 13.1. The molecule has 29 heavy (non-hydrogen) atoms. The minimum absolute atomic E-state index is 0.248. The summed E-state index contributed by atoms with van der Waals surface area (Å²) in [5.41, 5.74) is 5.34. The van der Waals surface area contributed by atoms with Crippen molar-refractivity contribution in [3.63, 3.8) is 0 Å². The van der Waals surface area contributed by atoms with Gasteiger partial charge in [-0.25, -0.2) is 4.98 Å². The Morgan fingerprint density at radius 3 is 2.48 bits per heavy atom. The number of para-hydroxylation sites is 1. The first kappa shape index (κ1) is 19.4. The molecule has 0 atom stereocenters. The molecule has 0 unspecified atom stereocenters. The largest absolute Gasteiger partial charge is 0.322 e. The average Bonchev–Trinajstić information content (AvgIpc) is 2.95. The predicted molar refractivity (Wildman–Crippen MR) is 118 cm³/mol. The highest BCUT2D eigenvalue weighted by Crippen LogP contribution is 2.30. The molecule has 7 heteroatoms. The van der Waals surface area contributed by atoms with E-state index in [0.29, 0.717) is 27.0 Å². The molecule has 4 rings (SSSR count). The van der Waals surface area contributed by atoms with Gasteiger partial charge in [-0.3, -0.25) is 9.48 Å². The van der Waals surface area contributed by atoms with Crippen molar-refractivity contribution in [3.8, 4) is 11.3 Å². The van der Waals surface area contributed by atoms with Gasteiger partial charge in [0, 0.05) is 29.4 Å². The Morgan fingerprint density at radius 1 is 1.03 bits per heavy atom. The van der Waals surface area contributed by atoms with Gasteiger partial charge in [-0.1, -0.05) is 41.4 Å². The molecule has 0 saturated carbocycles. The average molecular weight is 425 g/mol. The van der Waals surface area contributed by atoms with Crippen LogP contribution in [0, 0.1) is 13.8 Å². The molecule has 1 N–H and O–H groups in total.